The van der Waals surface area contributed by atoms with Crippen LogP contribution in [0.3, 0.4) is 0 Å². The zero-order valence-corrected chi connectivity index (χ0v) is 11.9. The minimum atomic E-state index is -0.243. The van der Waals surface area contributed by atoms with E-state index >= 15 is 0 Å². The van der Waals surface area contributed by atoms with Gasteiger partial charge in [0.2, 0.25) is 5.91 Å². The number of carbonyl (C=O) groups excluding carboxylic acids is 1. The lowest BCUT2D eigenvalue weighted by Gasteiger charge is -2.39. The van der Waals surface area contributed by atoms with Crippen LogP contribution in [0.5, 0.6) is 0 Å². The van der Waals surface area contributed by atoms with Crippen LogP contribution in [0.4, 0.5) is 0 Å². The van der Waals surface area contributed by atoms with Crippen molar-refractivity contribution in [2.24, 2.45) is 0 Å². The first kappa shape index (κ1) is 13.8. The largest absolute Gasteiger partial charge is 0.339 e. The highest BCUT2D eigenvalue weighted by atomic mass is 16.2. The third kappa shape index (κ3) is 2.69. The predicted molar refractivity (Wildman–Crippen MR) is 73.6 cm³/mol. The Morgan fingerprint density at radius 2 is 1.94 bits per heavy atom. The second kappa shape index (κ2) is 6.02. The SMILES string of the molecule is CCCN1CCN(C(=O)C2(CC)CCCN2)CC1. The summed E-state index contributed by atoms with van der Waals surface area (Å²) in [5, 5.41) is 3.45. The number of hydrogen-bond acceptors (Lipinski definition) is 3. The molecule has 2 aliphatic rings. The maximum Gasteiger partial charge on any atom is 0.242 e. The van der Waals surface area contributed by atoms with Gasteiger partial charge in [-0.05, 0) is 38.8 Å². The number of carbonyl (C=O) groups is 1. The van der Waals surface area contributed by atoms with Crippen LogP contribution in [0.25, 0.3) is 0 Å². The minimum absolute atomic E-state index is 0.243. The molecule has 18 heavy (non-hydrogen) atoms. The lowest BCUT2D eigenvalue weighted by Crippen LogP contribution is -2.59. The highest BCUT2D eigenvalue weighted by Crippen LogP contribution is 2.26. The molecule has 2 saturated heterocycles. The van der Waals surface area contributed by atoms with E-state index in [-0.39, 0.29) is 5.54 Å². The zero-order valence-electron chi connectivity index (χ0n) is 11.9. The first-order chi connectivity index (χ1) is 8.72. The molecule has 0 aliphatic carbocycles. The average Bonchev–Trinajstić information content (AvgIpc) is 2.89. The lowest BCUT2D eigenvalue weighted by molar-refractivity contribution is -0.139. The van der Waals surface area contributed by atoms with Crippen LogP contribution < -0.4 is 5.32 Å². The van der Waals surface area contributed by atoms with Crippen molar-refractivity contribution in [3.63, 3.8) is 0 Å². The molecule has 1 N–H and O–H groups in total. The number of hydrogen-bond donors (Lipinski definition) is 1. The number of nitrogens with zero attached hydrogens (tertiary/aromatic N) is 2. The highest BCUT2D eigenvalue weighted by molar-refractivity contribution is 5.86. The molecule has 0 spiro atoms. The Morgan fingerprint density at radius 3 is 2.44 bits per heavy atom. The van der Waals surface area contributed by atoms with Crippen LogP contribution in [0, 0.1) is 0 Å². The molecule has 0 saturated carbocycles. The molecule has 0 radical (unpaired) electrons. The van der Waals surface area contributed by atoms with Crippen molar-refractivity contribution < 1.29 is 4.79 Å². The van der Waals surface area contributed by atoms with Gasteiger partial charge < -0.3 is 10.2 Å². The molecule has 1 amide bonds. The first-order valence-corrected chi connectivity index (χ1v) is 7.48. The van der Waals surface area contributed by atoms with Crippen molar-refractivity contribution in [1.29, 1.82) is 0 Å². The maximum atomic E-state index is 12.7. The van der Waals surface area contributed by atoms with Gasteiger partial charge in [-0.3, -0.25) is 9.69 Å². The molecule has 4 nitrogen and oxygen atoms in total. The fourth-order valence-corrected chi connectivity index (χ4v) is 3.24. The van der Waals surface area contributed by atoms with Crippen LogP contribution >= 0.6 is 0 Å². The number of amides is 1. The van der Waals surface area contributed by atoms with Gasteiger partial charge in [0, 0.05) is 26.2 Å². The fraction of sp³-hybridized carbons (Fsp3) is 0.929. The van der Waals surface area contributed by atoms with E-state index in [1.165, 1.54) is 13.0 Å². The Kier molecular flexibility index (Phi) is 4.62. The van der Waals surface area contributed by atoms with Crippen molar-refractivity contribution >= 4 is 5.91 Å². The molecule has 104 valence electrons. The van der Waals surface area contributed by atoms with Gasteiger partial charge in [0.15, 0.2) is 0 Å². The quantitative estimate of drug-likeness (QED) is 0.814. The summed E-state index contributed by atoms with van der Waals surface area (Å²) in [4.78, 5) is 17.2. The van der Waals surface area contributed by atoms with Gasteiger partial charge in [0.05, 0.1) is 5.54 Å². The monoisotopic (exact) mass is 253 g/mol. The van der Waals surface area contributed by atoms with Crippen LogP contribution in [-0.2, 0) is 4.79 Å². The molecule has 2 aliphatic heterocycles. The second-order valence-electron chi connectivity index (χ2n) is 5.60. The van der Waals surface area contributed by atoms with Gasteiger partial charge in [-0.2, -0.15) is 0 Å². The summed E-state index contributed by atoms with van der Waals surface area (Å²) in [5.74, 6) is 0.346. The summed E-state index contributed by atoms with van der Waals surface area (Å²) >= 11 is 0. The molecule has 0 bridgehead atoms. The second-order valence-corrected chi connectivity index (χ2v) is 5.60. The average molecular weight is 253 g/mol. The van der Waals surface area contributed by atoms with Gasteiger partial charge >= 0.3 is 0 Å². The Hall–Kier alpha value is -0.610. The fourth-order valence-electron chi connectivity index (χ4n) is 3.24. The molecule has 2 heterocycles. The molecular weight excluding hydrogens is 226 g/mol. The molecule has 0 aromatic heterocycles. The van der Waals surface area contributed by atoms with E-state index in [1.807, 2.05) is 0 Å². The highest BCUT2D eigenvalue weighted by Gasteiger charge is 2.42. The van der Waals surface area contributed by atoms with E-state index in [1.54, 1.807) is 0 Å². The van der Waals surface area contributed by atoms with Crippen LogP contribution in [0.2, 0.25) is 0 Å². The standard InChI is InChI=1S/C14H27N3O/c1-3-8-16-9-11-17(12-10-16)13(18)14(4-2)6-5-7-15-14/h15H,3-12H2,1-2H3. The van der Waals surface area contributed by atoms with Crippen molar-refractivity contribution in [2.45, 2.75) is 45.1 Å². The van der Waals surface area contributed by atoms with Crippen LogP contribution in [0.15, 0.2) is 0 Å². The van der Waals surface area contributed by atoms with E-state index in [9.17, 15) is 4.79 Å². The van der Waals surface area contributed by atoms with Gasteiger partial charge in [0.25, 0.3) is 0 Å². The molecule has 2 rings (SSSR count). The van der Waals surface area contributed by atoms with Crippen molar-refractivity contribution in [2.75, 3.05) is 39.3 Å². The van der Waals surface area contributed by atoms with E-state index in [0.29, 0.717) is 5.91 Å². The Balaban J connectivity index is 1.90. The third-order valence-corrected chi connectivity index (χ3v) is 4.46. The summed E-state index contributed by atoms with van der Waals surface area (Å²) in [7, 11) is 0. The zero-order chi connectivity index (χ0) is 13.0. The van der Waals surface area contributed by atoms with Crippen LogP contribution in [-0.4, -0.2) is 60.5 Å². The van der Waals surface area contributed by atoms with E-state index in [4.69, 9.17) is 0 Å². The van der Waals surface area contributed by atoms with Crippen molar-refractivity contribution in [3.8, 4) is 0 Å². The van der Waals surface area contributed by atoms with Gasteiger partial charge in [-0.15, -0.1) is 0 Å². The Bertz CT molecular complexity index is 279. The number of rotatable bonds is 4. The molecular formula is C14H27N3O. The molecule has 2 fully saturated rings. The molecule has 1 unspecified atom stereocenters. The molecule has 4 heteroatoms. The topological polar surface area (TPSA) is 35.6 Å². The predicted octanol–water partition coefficient (Wildman–Crippen LogP) is 1.07. The molecule has 0 aromatic carbocycles. The summed E-state index contributed by atoms with van der Waals surface area (Å²) in [5.41, 5.74) is -0.243. The minimum Gasteiger partial charge on any atom is -0.339 e. The van der Waals surface area contributed by atoms with Gasteiger partial charge in [0.1, 0.15) is 0 Å². The Labute approximate surface area is 111 Å². The summed E-state index contributed by atoms with van der Waals surface area (Å²) in [6.07, 6.45) is 4.27. The summed E-state index contributed by atoms with van der Waals surface area (Å²) in [6.45, 7) is 10.4. The van der Waals surface area contributed by atoms with Crippen molar-refractivity contribution in [1.82, 2.24) is 15.1 Å². The van der Waals surface area contributed by atoms with E-state index in [0.717, 1.165) is 52.0 Å². The van der Waals surface area contributed by atoms with Gasteiger partial charge in [-0.25, -0.2) is 0 Å². The van der Waals surface area contributed by atoms with Gasteiger partial charge in [-0.1, -0.05) is 13.8 Å². The number of nitrogens with one attached hydrogen (secondary N) is 1. The summed E-state index contributed by atoms with van der Waals surface area (Å²) < 4.78 is 0. The third-order valence-electron chi connectivity index (χ3n) is 4.46. The smallest absolute Gasteiger partial charge is 0.242 e. The number of piperazine rings is 1. The van der Waals surface area contributed by atoms with E-state index in [2.05, 4.69) is 29.0 Å². The maximum absolute atomic E-state index is 12.7. The Morgan fingerprint density at radius 1 is 1.22 bits per heavy atom. The first-order valence-electron chi connectivity index (χ1n) is 7.48. The van der Waals surface area contributed by atoms with Crippen LogP contribution in [0.1, 0.15) is 39.5 Å². The summed E-state index contributed by atoms with van der Waals surface area (Å²) in [6, 6.07) is 0. The molecule has 1 atom stereocenters. The lowest BCUT2D eigenvalue weighted by atomic mass is 9.92. The van der Waals surface area contributed by atoms with E-state index < -0.39 is 0 Å². The van der Waals surface area contributed by atoms with Crippen molar-refractivity contribution in [3.05, 3.63) is 0 Å². The normalized spacial score (nSPS) is 29.8. The molecule has 0 aromatic rings.